The molecule has 2 aromatic carbocycles. The molecular weight excluding hydrogens is 354 g/mol. The fourth-order valence-electron chi connectivity index (χ4n) is 2.55. The van der Waals surface area contributed by atoms with E-state index < -0.39 is 10.0 Å². The minimum atomic E-state index is -3.61. The Morgan fingerprint density at radius 2 is 1.62 bits per heavy atom. The monoisotopic (exact) mass is 379 g/mol. The number of rotatable bonds is 9. The van der Waals surface area contributed by atoms with Gasteiger partial charge in [-0.1, -0.05) is 13.0 Å². The van der Waals surface area contributed by atoms with E-state index in [1.165, 1.54) is 4.31 Å². The van der Waals surface area contributed by atoms with Crippen LogP contribution in [0.25, 0.3) is 0 Å². The number of sulfonamides is 1. The lowest BCUT2D eigenvalue weighted by Gasteiger charge is -2.21. The van der Waals surface area contributed by atoms with Gasteiger partial charge in [-0.2, -0.15) is 4.31 Å². The number of benzene rings is 2. The summed E-state index contributed by atoms with van der Waals surface area (Å²) in [4.78, 5) is 0.234. The Kier molecular flexibility index (Phi) is 6.88. The minimum Gasteiger partial charge on any atom is -0.497 e. The van der Waals surface area contributed by atoms with Crippen LogP contribution in [-0.2, 0) is 16.6 Å². The third-order valence-corrected chi connectivity index (χ3v) is 5.87. The van der Waals surface area contributed by atoms with Gasteiger partial charge in [0.15, 0.2) is 11.5 Å². The van der Waals surface area contributed by atoms with Crippen LogP contribution in [0.5, 0.6) is 17.2 Å². The molecule has 0 radical (unpaired) electrons. The molecule has 0 heterocycles. The molecule has 6 nitrogen and oxygen atoms in total. The molecule has 0 N–H and O–H groups in total. The van der Waals surface area contributed by atoms with Gasteiger partial charge in [0.25, 0.3) is 0 Å². The zero-order chi connectivity index (χ0) is 19.2. The lowest BCUT2D eigenvalue weighted by molar-refractivity contribution is 0.310. The summed E-state index contributed by atoms with van der Waals surface area (Å²) in [5, 5.41) is 0. The van der Waals surface area contributed by atoms with E-state index in [2.05, 4.69) is 0 Å². The Morgan fingerprint density at radius 1 is 0.923 bits per heavy atom. The molecule has 7 heteroatoms. The van der Waals surface area contributed by atoms with Crippen molar-refractivity contribution in [1.82, 2.24) is 4.31 Å². The second kappa shape index (κ2) is 8.91. The van der Waals surface area contributed by atoms with Crippen LogP contribution in [0.4, 0.5) is 0 Å². The van der Waals surface area contributed by atoms with Crippen LogP contribution in [0.15, 0.2) is 47.4 Å². The molecule has 142 valence electrons. The highest BCUT2D eigenvalue weighted by Crippen LogP contribution is 2.29. The van der Waals surface area contributed by atoms with Gasteiger partial charge >= 0.3 is 0 Å². The molecule has 2 rings (SSSR count). The summed E-state index contributed by atoms with van der Waals surface area (Å²) in [5.74, 6) is 1.84. The quantitative estimate of drug-likeness (QED) is 0.669. The fraction of sp³-hybridized carbons (Fsp3) is 0.368. The van der Waals surface area contributed by atoms with E-state index >= 15 is 0 Å². The van der Waals surface area contributed by atoms with Gasteiger partial charge in [-0.25, -0.2) is 8.42 Å². The summed E-state index contributed by atoms with van der Waals surface area (Å²) in [6, 6.07) is 11.8. The largest absolute Gasteiger partial charge is 0.497 e. The highest BCUT2D eigenvalue weighted by atomic mass is 32.2. The van der Waals surface area contributed by atoms with Crippen LogP contribution < -0.4 is 14.2 Å². The molecule has 0 aliphatic heterocycles. The molecule has 0 spiro atoms. The van der Waals surface area contributed by atoms with E-state index in [0.717, 1.165) is 5.56 Å². The summed E-state index contributed by atoms with van der Waals surface area (Å²) in [6.45, 7) is 4.83. The normalized spacial score (nSPS) is 11.4. The van der Waals surface area contributed by atoms with E-state index in [1.54, 1.807) is 50.6 Å². The smallest absolute Gasteiger partial charge is 0.243 e. The Morgan fingerprint density at radius 3 is 2.15 bits per heavy atom. The van der Waals surface area contributed by atoms with Crippen molar-refractivity contribution in [1.29, 1.82) is 0 Å². The molecule has 2 aromatic rings. The van der Waals surface area contributed by atoms with Crippen LogP contribution in [0, 0.1) is 0 Å². The molecule has 0 aromatic heterocycles. The summed E-state index contributed by atoms with van der Waals surface area (Å²) in [6.07, 6.45) is 0. The first-order valence-corrected chi connectivity index (χ1v) is 9.84. The van der Waals surface area contributed by atoms with Crippen molar-refractivity contribution in [3.8, 4) is 17.2 Å². The fourth-order valence-corrected chi connectivity index (χ4v) is 3.99. The van der Waals surface area contributed by atoms with Gasteiger partial charge in [-0.3, -0.25) is 0 Å². The Labute approximate surface area is 155 Å². The number of ether oxygens (including phenoxy) is 3. The van der Waals surface area contributed by atoms with Crippen LogP contribution in [0.2, 0.25) is 0 Å². The van der Waals surface area contributed by atoms with E-state index in [1.807, 2.05) is 19.9 Å². The summed E-state index contributed by atoms with van der Waals surface area (Å²) >= 11 is 0. The van der Waals surface area contributed by atoms with Crippen molar-refractivity contribution in [2.24, 2.45) is 0 Å². The molecule has 0 aliphatic carbocycles. The number of hydrogen-bond acceptors (Lipinski definition) is 5. The van der Waals surface area contributed by atoms with Crippen LogP contribution in [0.1, 0.15) is 19.4 Å². The first kappa shape index (κ1) is 20.1. The van der Waals surface area contributed by atoms with Gasteiger partial charge < -0.3 is 14.2 Å². The summed E-state index contributed by atoms with van der Waals surface area (Å²) < 4.78 is 43.2. The third kappa shape index (κ3) is 4.47. The molecule has 0 fully saturated rings. The summed E-state index contributed by atoms with van der Waals surface area (Å²) in [5.41, 5.74) is 0.823. The lowest BCUT2D eigenvalue weighted by Crippen LogP contribution is -2.30. The van der Waals surface area contributed by atoms with Crippen LogP contribution in [0.3, 0.4) is 0 Å². The third-order valence-electron chi connectivity index (χ3n) is 3.94. The molecule has 0 aliphatic rings. The van der Waals surface area contributed by atoms with Gasteiger partial charge in [0, 0.05) is 13.1 Å². The second-order valence-corrected chi connectivity index (χ2v) is 7.46. The molecule has 0 saturated heterocycles. The van der Waals surface area contributed by atoms with Crippen molar-refractivity contribution in [2.75, 3.05) is 27.4 Å². The number of methoxy groups -OCH3 is 2. The van der Waals surface area contributed by atoms with Gasteiger partial charge in [-0.05, 0) is 48.9 Å². The first-order chi connectivity index (χ1) is 12.5. The molecule has 0 unspecified atom stereocenters. The van der Waals surface area contributed by atoms with Gasteiger partial charge in [-0.15, -0.1) is 0 Å². The number of hydrogen-bond donors (Lipinski definition) is 0. The molecule has 0 saturated carbocycles. The van der Waals surface area contributed by atoms with Crippen molar-refractivity contribution in [3.63, 3.8) is 0 Å². The average Bonchev–Trinajstić information content (AvgIpc) is 2.67. The van der Waals surface area contributed by atoms with Gasteiger partial charge in [0.1, 0.15) is 5.75 Å². The predicted molar refractivity (Wildman–Crippen MR) is 100 cm³/mol. The first-order valence-electron chi connectivity index (χ1n) is 8.40. The number of nitrogens with zero attached hydrogens (tertiary/aromatic N) is 1. The SMILES string of the molecule is CCOc1ccc(CN(CC)S(=O)(=O)c2ccc(OC)cc2)cc1OC. The molecular formula is C19H25NO5S. The van der Waals surface area contributed by atoms with Gasteiger partial charge in [0.05, 0.1) is 25.7 Å². The van der Waals surface area contributed by atoms with E-state index in [9.17, 15) is 8.42 Å². The maximum Gasteiger partial charge on any atom is 0.243 e. The topological polar surface area (TPSA) is 65.1 Å². The van der Waals surface area contributed by atoms with Crippen molar-refractivity contribution in [2.45, 2.75) is 25.3 Å². The molecule has 26 heavy (non-hydrogen) atoms. The van der Waals surface area contributed by atoms with E-state index in [4.69, 9.17) is 14.2 Å². The summed E-state index contributed by atoms with van der Waals surface area (Å²) in [7, 11) is -0.503. The van der Waals surface area contributed by atoms with Gasteiger partial charge in [0.2, 0.25) is 10.0 Å². The Hall–Kier alpha value is -2.25. The maximum atomic E-state index is 12.9. The highest BCUT2D eigenvalue weighted by molar-refractivity contribution is 7.89. The van der Waals surface area contributed by atoms with E-state index in [-0.39, 0.29) is 11.4 Å². The van der Waals surface area contributed by atoms with Crippen molar-refractivity contribution >= 4 is 10.0 Å². The van der Waals surface area contributed by atoms with Crippen molar-refractivity contribution < 1.29 is 22.6 Å². The van der Waals surface area contributed by atoms with Crippen LogP contribution in [-0.4, -0.2) is 40.1 Å². The molecule has 0 amide bonds. The van der Waals surface area contributed by atoms with Crippen molar-refractivity contribution in [3.05, 3.63) is 48.0 Å². The lowest BCUT2D eigenvalue weighted by atomic mass is 10.2. The minimum absolute atomic E-state index is 0.234. The predicted octanol–water partition coefficient (Wildman–Crippen LogP) is 3.31. The zero-order valence-electron chi connectivity index (χ0n) is 15.6. The molecule has 0 atom stereocenters. The Balaban J connectivity index is 2.27. The maximum absolute atomic E-state index is 12.9. The van der Waals surface area contributed by atoms with Crippen LogP contribution >= 0.6 is 0 Å². The van der Waals surface area contributed by atoms with E-state index in [0.29, 0.717) is 30.4 Å². The zero-order valence-corrected chi connectivity index (χ0v) is 16.4. The standard InChI is InChI=1S/C19H25NO5S/c1-5-20(26(21,22)17-10-8-16(23-3)9-11-17)14-15-7-12-18(25-6-2)19(13-15)24-4/h7-13H,5-6,14H2,1-4H3. The average molecular weight is 379 g/mol. The molecule has 0 bridgehead atoms. The highest BCUT2D eigenvalue weighted by Gasteiger charge is 2.23. The second-order valence-electron chi connectivity index (χ2n) is 5.52. The Bertz CT molecular complexity index is 818.